The van der Waals surface area contributed by atoms with Crippen molar-refractivity contribution in [3.8, 4) is 45.5 Å². The maximum atomic E-state index is 13.2. The molecule has 0 unspecified atom stereocenters. The summed E-state index contributed by atoms with van der Waals surface area (Å²) in [6.45, 7) is 1.28. The first-order chi connectivity index (χ1) is 31.4. The zero-order chi connectivity index (χ0) is 45.8. The Kier molecular flexibility index (Phi) is 16.8. The first-order valence-corrected chi connectivity index (χ1v) is 21.4. The number of benzene rings is 4. The predicted octanol–water partition coefficient (Wildman–Crippen LogP) is 10.1. The molecule has 0 bridgehead atoms. The van der Waals surface area contributed by atoms with Gasteiger partial charge in [0.05, 0.1) is 69.7 Å². The first kappa shape index (κ1) is 50.5. The van der Waals surface area contributed by atoms with Crippen LogP contribution in [0.2, 0.25) is 20.1 Å². The average molecular weight is 1020 g/mol. The number of carboxylic acid groups (broad SMARTS) is 1. The SMILES string of the molecule is COc1c(C(=O)N[C@H]2CCOc3ccccc32)cnn2c(-c3cc(Cl)cc(Cl)c3)cnc12.COc1c(C(=O)O)cnn2c(-c3cc(Cl)cc(Cl)c3)cnc12.N[C@H]1CCOc2ccccc21.S.S. The third-order valence-corrected chi connectivity index (χ3v) is 11.3. The lowest BCUT2D eigenvalue weighted by Gasteiger charge is -2.26. The Bertz CT molecular complexity index is 3040. The van der Waals surface area contributed by atoms with Crippen LogP contribution in [0.1, 0.15) is 56.8 Å². The van der Waals surface area contributed by atoms with E-state index < -0.39 is 5.97 Å². The molecule has 21 heteroatoms. The van der Waals surface area contributed by atoms with Crippen LogP contribution in [0.25, 0.3) is 33.8 Å². The maximum Gasteiger partial charge on any atom is 0.341 e. The molecule has 0 saturated heterocycles. The largest absolute Gasteiger partial charge is 0.493 e. The second-order valence-corrected chi connectivity index (χ2v) is 16.3. The number of aromatic carboxylic acids is 1. The lowest BCUT2D eigenvalue weighted by molar-refractivity contribution is 0.0692. The Labute approximate surface area is 417 Å². The molecule has 0 radical (unpaired) electrons. The fourth-order valence-corrected chi connectivity index (χ4v) is 8.49. The second-order valence-electron chi connectivity index (χ2n) is 14.5. The van der Waals surface area contributed by atoms with Gasteiger partial charge in [-0.05, 0) is 48.5 Å². The van der Waals surface area contributed by atoms with Crippen molar-refractivity contribution in [1.29, 1.82) is 0 Å². The molecule has 0 aliphatic carbocycles. The normalized spacial score (nSPS) is 14.4. The van der Waals surface area contributed by atoms with E-state index in [2.05, 4.69) is 25.5 Å². The van der Waals surface area contributed by atoms with Crippen LogP contribution < -0.4 is 30.0 Å². The van der Waals surface area contributed by atoms with Crippen LogP contribution in [0.5, 0.6) is 23.0 Å². The van der Waals surface area contributed by atoms with Crippen molar-refractivity contribution in [1.82, 2.24) is 34.5 Å². The minimum Gasteiger partial charge on any atom is -0.493 e. The number of fused-ring (bicyclic) bond motifs is 4. The van der Waals surface area contributed by atoms with Gasteiger partial charge in [0.1, 0.15) is 22.6 Å². The van der Waals surface area contributed by atoms with Gasteiger partial charge >= 0.3 is 5.97 Å². The van der Waals surface area contributed by atoms with Crippen LogP contribution >= 0.6 is 73.4 Å². The third-order valence-electron chi connectivity index (χ3n) is 10.4. The summed E-state index contributed by atoms with van der Waals surface area (Å²) in [6, 6.07) is 25.9. The van der Waals surface area contributed by atoms with Gasteiger partial charge in [0.15, 0.2) is 22.8 Å². The molecule has 67 heavy (non-hydrogen) atoms. The summed E-state index contributed by atoms with van der Waals surface area (Å²) in [5.41, 5.74) is 11.7. The van der Waals surface area contributed by atoms with Crippen LogP contribution in [-0.4, -0.2) is 73.6 Å². The Morgan fingerprint density at radius 1 is 0.672 bits per heavy atom. The number of methoxy groups -OCH3 is 2. The van der Waals surface area contributed by atoms with Gasteiger partial charge in [-0.25, -0.2) is 23.8 Å². The number of halogens is 4. The van der Waals surface area contributed by atoms with E-state index in [0.717, 1.165) is 41.2 Å². The number of carbonyl (C=O) groups excluding carboxylic acids is 1. The van der Waals surface area contributed by atoms with E-state index in [0.29, 0.717) is 72.7 Å². The molecule has 0 fully saturated rings. The number of amides is 1. The number of hydrogen-bond donors (Lipinski definition) is 3. The summed E-state index contributed by atoms with van der Waals surface area (Å²) in [4.78, 5) is 33.0. The molecule has 0 spiro atoms. The zero-order valence-electron chi connectivity index (χ0n) is 35.5. The molecule has 4 aromatic heterocycles. The van der Waals surface area contributed by atoms with Crippen molar-refractivity contribution in [2.75, 3.05) is 27.4 Å². The molecule has 8 aromatic rings. The molecule has 6 heterocycles. The average Bonchev–Trinajstić information content (AvgIpc) is 3.94. The fraction of sp³-hybridized carbons (Fsp3) is 0.174. The van der Waals surface area contributed by atoms with Crippen LogP contribution in [0, 0.1) is 0 Å². The van der Waals surface area contributed by atoms with Gasteiger partial charge in [-0.1, -0.05) is 82.8 Å². The van der Waals surface area contributed by atoms with Gasteiger partial charge in [-0.15, -0.1) is 0 Å². The van der Waals surface area contributed by atoms with Crippen molar-refractivity contribution in [3.63, 3.8) is 0 Å². The molecule has 2 atom stereocenters. The van der Waals surface area contributed by atoms with Gasteiger partial charge in [-0.2, -0.15) is 37.2 Å². The van der Waals surface area contributed by atoms with E-state index >= 15 is 0 Å². The first-order valence-electron chi connectivity index (χ1n) is 19.9. The predicted molar refractivity (Wildman–Crippen MR) is 268 cm³/mol. The number of carboxylic acids is 1. The minimum absolute atomic E-state index is 0. The van der Waals surface area contributed by atoms with E-state index in [-0.39, 0.29) is 56.3 Å². The molecule has 2 aliphatic heterocycles. The number of nitrogens with zero attached hydrogens (tertiary/aromatic N) is 6. The van der Waals surface area contributed by atoms with Crippen molar-refractivity contribution >= 4 is 96.6 Å². The molecule has 1 amide bonds. The van der Waals surface area contributed by atoms with Gasteiger partial charge in [-0.3, -0.25) is 4.79 Å². The number of nitrogens with one attached hydrogen (secondary N) is 1. The number of ether oxygens (including phenoxy) is 4. The summed E-state index contributed by atoms with van der Waals surface area (Å²) in [7, 11) is 2.88. The number of rotatable bonds is 7. The fourth-order valence-electron chi connectivity index (χ4n) is 7.44. The lowest BCUT2D eigenvalue weighted by Crippen LogP contribution is -2.32. The molecule has 4 aromatic carbocycles. The smallest absolute Gasteiger partial charge is 0.341 e. The van der Waals surface area contributed by atoms with E-state index in [1.807, 2.05) is 48.5 Å². The topological polar surface area (TPSA) is 190 Å². The highest BCUT2D eigenvalue weighted by molar-refractivity contribution is 7.59. The number of para-hydroxylation sites is 2. The number of imidazole rings is 2. The van der Waals surface area contributed by atoms with Gasteiger partial charge in [0.2, 0.25) is 0 Å². The number of carbonyl (C=O) groups is 2. The Morgan fingerprint density at radius 2 is 1.12 bits per heavy atom. The van der Waals surface area contributed by atoms with E-state index in [4.69, 9.17) is 76.2 Å². The second kappa shape index (κ2) is 22.3. The van der Waals surface area contributed by atoms with Crippen LogP contribution in [0.3, 0.4) is 0 Å². The highest BCUT2D eigenvalue weighted by Gasteiger charge is 2.27. The molecule has 4 N–H and O–H groups in total. The Morgan fingerprint density at radius 3 is 1.61 bits per heavy atom. The monoisotopic (exact) mass is 1020 g/mol. The summed E-state index contributed by atoms with van der Waals surface area (Å²) in [6.07, 6.45) is 7.48. The lowest BCUT2D eigenvalue weighted by atomic mass is 10.0. The summed E-state index contributed by atoms with van der Waals surface area (Å²) < 4.78 is 24.9. The van der Waals surface area contributed by atoms with Crippen molar-refractivity contribution in [3.05, 3.63) is 152 Å². The maximum absolute atomic E-state index is 13.2. The number of nitrogens with two attached hydrogens (primary N) is 1. The van der Waals surface area contributed by atoms with E-state index in [9.17, 15) is 9.59 Å². The van der Waals surface area contributed by atoms with Gasteiger partial charge in [0.25, 0.3) is 5.91 Å². The molecule has 0 saturated carbocycles. The highest BCUT2D eigenvalue weighted by Crippen LogP contribution is 2.35. The zero-order valence-corrected chi connectivity index (χ0v) is 40.6. The Balaban J connectivity index is 0.000000183. The van der Waals surface area contributed by atoms with Crippen molar-refractivity contribution < 1.29 is 33.6 Å². The van der Waals surface area contributed by atoms with Crippen LogP contribution in [0.15, 0.2) is 110 Å². The molecule has 15 nitrogen and oxygen atoms in total. The molecule has 348 valence electrons. The Hall–Kier alpha value is -5.92. The molecule has 10 rings (SSSR count). The summed E-state index contributed by atoms with van der Waals surface area (Å²) in [5.74, 6) is 0.768. The summed E-state index contributed by atoms with van der Waals surface area (Å²) in [5, 5.41) is 22.8. The van der Waals surface area contributed by atoms with Crippen molar-refractivity contribution in [2.45, 2.75) is 24.9 Å². The van der Waals surface area contributed by atoms with E-state index in [1.165, 1.54) is 31.1 Å². The van der Waals surface area contributed by atoms with Crippen LogP contribution in [0.4, 0.5) is 0 Å². The van der Waals surface area contributed by atoms with Gasteiger partial charge in [0, 0.05) is 61.2 Å². The quantitative estimate of drug-likeness (QED) is 0.137. The minimum atomic E-state index is -1.14. The van der Waals surface area contributed by atoms with Gasteiger partial charge < -0.3 is 35.1 Å². The summed E-state index contributed by atoms with van der Waals surface area (Å²) >= 11 is 24.3. The van der Waals surface area contributed by atoms with E-state index in [1.54, 1.807) is 53.3 Å². The molecular formula is C46H42Cl4N8O7S2. The number of hydrogen-bond acceptors (Lipinski definition) is 11. The number of aromatic nitrogens is 6. The molecule has 2 aliphatic rings. The third kappa shape index (κ3) is 10.9. The standard InChI is InChI=1S/C23H18Cl2N4O3.C14H9Cl2N3O3.C9H11NO.2H2S/c1-31-21-17(23(30)28-18-6-7-32-20-5-3-2-4-16(18)20)11-27-29-19(12-26-22(21)29)13-8-14(24)10-15(25)9-13;1-22-12-10(14(20)21)5-18-19-11(6-17-13(12)19)7-2-8(15)4-9(16)3-7;10-8-5-6-11-9-4-2-1-3-7(8)9;;/h2-5,8-12,18H,6-7H2,1H3,(H,28,30);2-6H,1H3,(H,20,21);1-4,8H,5-6,10H2;2*1H2/t18-;;8-;;/m0.0../s1. The molecular weight excluding hydrogens is 983 g/mol. The van der Waals surface area contributed by atoms with Crippen LogP contribution in [-0.2, 0) is 0 Å². The highest BCUT2D eigenvalue weighted by atomic mass is 35.5. The van der Waals surface area contributed by atoms with Crippen molar-refractivity contribution in [2.24, 2.45) is 5.73 Å².